The van der Waals surface area contributed by atoms with Crippen molar-refractivity contribution in [2.45, 2.75) is 45.1 Å². The molecule has 1 amide bonds. The summed E-state index contributed by atoms with van der Waals surface area (Å²) in [4.78, 5) is 28.3. The Bertz CT molecular complexity index is 483. The number of carboxylic acid groups (broad SMARTS) is 1. The molecular formula is C17H23NO4. The van der Waals surface area contributed by atoms with Crippen LogP contribution in [0.3, 0.4) is 0 Å². The summed E-state index contributed by atoms with van der Waals surface area (Å²) in [7, 11) is 0. The molecule has 1 aromatic rings. The molecule has 0 saturated heterocycles. The molecule has 1 atom stereocenters. The average molecular weight is 305 g/mol. The minimum atomic E-state index is -0.898. The number of carboxylic acids is 1. The number of carbonyl (C=O) groups is 2. The highest BCUT2D eigenvalue weighted by atomic mass is 16.6. The molecule has 1 saturated carbocycles. The molecule has 0 heterocycles. The van der Waals surface area contributed by atoms with Gasteiger partial charge < -0.3 is 5.11 Å². The van der Waals surface area contributed by atoms with Gasteiger partial charge in [0.1, 0.15) is 0 Å². The molecule has 2 N–H and O–H groups in total. The number of carbonyl (C=O) groups excluding carboxylic acids is 1. The third kappa shape index (κ3) is 5.48. The molecule has 0 bridgehead atoms. The van der Waals surface area contributed by atoms with Crippen molar-refractivity contribution >= 4 is 11.9 Å². The van der Waals surface area contributed by atoms with E-state index in [2.05, 4.69) is 5.48 Å². The Kier molecular flexibility index (Phi) is 6.40. The van der Waals surface area contributed by atoms with Gasteiger partial charge in [0, 0.05) is 6.42 Å². The first-order valence-corrected chi connectivity index (χ1v) is 7.82. The van der Waals surface area contributed by atoms with Crippen molar-refractivity contribution in [2.24, 2.45) is 11.8 Å². The second-order valence-corrected chi connectivity index (χ2v) is 5.92. The number of hydroxylamine groups is 1. The van der Waals surface area contributed by atoms with E-state index >= 15 is 0 Å². The number of amides is 1. The Morgan fingerprint density at radius 3 is 2.55 bits per heavy atom. The zero-order chi connectivity index (χ0) is 15.8. The molecular weight excluding hydrogens is 282 g/mol. The van der Waals surface area contributed by atoms with E-state index < -0.39 is 11.9 Å². The summed E-state index contributed by atoms with van der Waals surface area (Å²) in [5.41, 5.74) is 3.29. The van der Waals surface area contributed by atoms with Gasteiger partial charge in [-0.25, -0.2) is 5.48 Å². The lowest BCUT2D eigenvalue weighted by Gasteiger charge is -2.16. The van der Waals surface area contributed by atoms with Crippen molar-refractivity contribution in [3.63, 3.8) is 0 Å². The molecule has 0 radical (unpaired) electrons. The first kappa shape index (κ1) is 16.5. The summed E-state index contributed by atoms with van der Waals surface area (Å²) in [6.45, 7) is 0.271. The summed E-state index contributed by atoms with van der Waals surface area (Å²) in [6, 6.07) is 9.48. The lowest BCUT2D eigenvalue weighted by Crippen LogP contribution is -2.29. The van der Waals surface area contributed by atoms with Crippen LogP contribution in [0, 0.1) is 11.8 Å². The maximum absolute atomic E-state index is 11.8. The van der Waals surface area contributed by atoms with Crippen LogP contribution in [0.25, 0.3) is 0 Å². The molecule has 5 heteroatoms. The Morgan fingerprint density at radius 2 is 1.91 bits per heavy atom. The van der Waals surface area contributed by atoms with Gasteiger partial charge in [0.2, 0.25) is 5.91 Å². The predicted octanol–water partition coefficient (Wildman–Crippen LogP) is 2.91. The van der Waals surface area contributed by atoms with E-state index in [4.69, 9.17) is 4.84 Å². The van der Waals surface area contributed by atoms with Gasteiger partial charge in [-0.05, 0) is 17.9 Å². The molecule has 0 aromatic heterocycles. The molecule has 1 aliphatic carbocycles. The highest BCUT2D eigenvalue weighted by Gasteiger charge is 2.26. The molecule has 1 fully saturated rings. The molecule has 1 aliphatic rings. The van der Waals surface area contributed by atoms with Crippen LogP contribution in [-0.4, -0.2) is 17.0 Å². The van der Waals surface area contributed by atoms with Crippen LogP contribution in [0.1, 0.15) is 44.1 Å². The van der Waals surface area contributed by atoms with Gasteiger partial charge in [-0.3, -0.25) is 14.4 Å². The second-order valence-electron chi connectivity index (χ2n) is 5.92. The molecule has 2 rings (SSSR count). The van der Waals surface area contributed by atoms with E-state index in [1.807, 2.05) is 30.3 Å². The molecule has 22 heavy (non-hydrogen) atoms. The molecule has 0 unspecified atom stereocenters. The number of hydrogen-bond donors (Lipinski definition) is 2. The Labute approximate surface area is 130 Å². The maximum Gasteiger partial charge on any atom is 0.307 e. The van der Waals surface area contributed by atoms with E-state index in [1.165, 1.54) is 12.8 Å². The SMILES string of the molecule is O=C(C[C@@H](CC1CCCC1)C(=O)O)NOCc1ccccc1. The van der Waals surface area contributed by atoms with E-state index in [-0.39, 0.29) is 18.9 Å². The zero-order valence-electron chi connectivity index (χ0n) is 12.7. The third-order valence-corrected chi connectivity index (χ3v) is 4.14. The third-order valence-electron chi connectivity index (χ3n) is 4.14. The van der Waals surface area contributed by atoms with Crippen LogP contribution in [0.15, 0.2) is 30.3 Å². The monoisotopic (exact) mass is 305 g/mol. The Hall–Kier alpha value is -1.88. The van der Waals surface area contributed by atoms with Crippen molar-refractivity contribution in [2.75, 3.05) is 0 Å². The van der Waals surface area contributed by atoms with Crippen molar-refractivity contribution in [1.29, 1.82) is 0 Å². The molecule has 0 spiro atoms. The van der Waals surface area contributed by atoms with E-state index in [1.54, 1.807) is 0 Å². The van der Waals surface area contributed by atoms with Crippen LogP contribution in [0.2, 0.25) is 0 Å². The van der Waals surface area contributed by atoms with Crippen LogP contribution in [0.5, 0.6) is 0 Å². The lowest BCUT2D eigenvalue weighted by molar-refractivity contribution is -0.147. The minimum absolute atomic E-state index is 0.0272. The first-order chi connectivity index (χ1) is 10.6. The van der Waals surface area contributed by atoms with Crippen LogP contribution >= 0.6 is 0 Å². The Morgan fingerprint density at radius 1 is 1.23 bits per heavy atom. The highest BCUT2D eigenvalue weighted by molar-refractivity contribution is 5.81. The Balaban J connectivity index is 1.72. The largest absolute Gasteiger partial charge is 0.481 e. The predicted molar refractivity (Wildman–Crippen MR) is 81.7 cm³/mol. The fourth-order valence-electron chi connectivity index (χ4n) is 2.96. The van der Waals surface area contributed by atoms with Crippen molar-refractivity contribution in [3.8, 4) is 0 Å². The fourth-order valence-corrected chi connectivity index (χ4v) is 2.96. The molecule has 120 valence electrons. The van der Waals surface area contributed by atoms with Crippen molar-refractivity contribution in [3.05, 3.63) is 35.9 Å². The van der Waals surface area contributed by atoms with Gasteiger partial charge in [-0.2, -0.15) is 0 Å². The zero-order valence-corrected chi connectivity index (χ0v) is 12.7. The fraction of sp³-hybridized carbons (Fsp3) is 0.529. The molecule has 0 aliphatic heterocycles. The van der Waals surface area contributed by atoms with Gasteiger partial charge in [0.05, 0.1) is 12.5 Å². The number of hydrogen-bond acceptors (Lipinski definition) is 3. The van der Waals surface area contributed by atoms with Gasteiger partial charge in [0.15, 0.2) is 0 Å². The number of aliphatic carboxylic acids is 1. The molecule has 1 aromatic carbocycles. The maximum atomic E-state index is 11.8. The van der Waals surface area contributed by atoms with Crippen molar-refractivity contribution < 1.29 is 19.5 Å². The quantitative estimate of drug-likeness (QED) is 0.724. The average Bonchev–Trinajstić information content (AvgIpc) is 3.00. The van der Waals surface area contributed by atoms with Crippen molar-refractivity contribution in [1.82, 2.24) is 5.48 Å². The smallest absolute Gasteiger partial charge is 0.307 e. The van der Waals surface area contributed by atoms with E-state index in [0.29, 0.717) is 12.3 Å². The summed E-state index contributed by atoms with van der Waals surface area (Å²) in [5, 5.41) is 9.27. The van der Waals surface area contributed by atoms with E-state index in [0.717, 1.165) is 18.4 Å². The standard InChI is InChI=1S/C17H23NO4/c19-16(18-22-12-14-8-2-1-3-9-14)11-15(17(20)21)10-13-6-4-5-7-13/h1-3,8-9,13,15H,4-7,10-12H2,(H,18,19)(H,20,21)/t15-/m1/s1. The lowest BCUT2D eigenvalue weighted by atomic mass is 9.91. The van der Waals surface area contributed by atoms with Gasteiger partial charge >= 0.3 is 5.97 Å². The van der Waals surface area contributed by atoms with Gasteiger partial charge in [-0.1, -0.05) is 56.0 Å². The van der Waals surface area contributed by atoms with Crippen LogP contribution < -0.4 is 5.48 Å². The summed E-state index contributed by atoms with van der Waals surface area (Å²) in [6.07, 6.45) is 5.06. The minimum Gasteiger partial charge on any atom is -0.481 e. The van der Waals surface area contributed by atoms with Crippen LogP contribution in [-0.2, 0) is 21.0 Å². The number of rotatable bonds is 8. The summed E-state index contributed by atoms with van der Waals surface area (Å²) < 4.78 is 0. The van der Waals surface area contributed by atoms with Gasteiger partial charge in [-0.15, -0.1) is 0 Å². The van der Waals surface area contributed by atoms with E-state index in [9.17, 15) is 14.7 Å². The number of nitrogens with one attached hydrogen (secondary N) is 1. The highest BCUT2D eigenvalue weighted by Crippen LogP contribution is 2.31. The normalized spacial score (nSPS) is 16.4. The molecule has 5 nitrogen and oxygen atoms in total. The first-order valence-electron chi connectivity index (χ1n) is 7.82. The topological polar surface area (TPSA) is 75.6 Å². The van der Waals surface area contributed by atoms with Gasteiger partial charge in [0.25, 0.3) is 0 Å². The number of benzene rings is 1. The second kappa shape index (κ2) is 8.54. The summed E-state index contributed by atoms with van der Waals surface area (Å²) in [5.74, 6) is -1.45. The summed E-state index contributed by atoms with van der Waals surface area (Å²) >= 11 is 0. The van der Waals surface area contributed by atoms with Crippen LogP contribution in [0.4, 0.5) is 0 Å².